The summed E-state index contributed by atoms with van der Waals surface area (Å²) in [5.41, 5.74) is -0.390. The van der Waals surface area contributed by atoms with Crippen molar-refractivity contribution in [3.05, 3.63) is 12.2 Å². The lowest BCUT2D eigenvalue weighted by molar-refractivity contribution is -0.155. The summed E-state index contributed by atoms with van der Waals surface area (Å²) < 4.78 is 4.68. The molecule has 0 spiro atoms. The second kappa shape index (κ2) is 5.97. The van der Waals surface area contributed by atoms with Gasteiger partial charge in [-0.05, 0) is 20.8 Å². The highest BCUT2D eigenvalue weighted by molar-refractivity contribution is 6.04. The largest absolute Gasteiger partial charge is 0.463 e. The predicted octanol–water partition coefficient (Wildman–Crippen LogP) is 0.880. The Morgan fingerprint density at radius 2 is 1.95 bits per heavy atom. The van der Waals surface area contributed by atoms with E-state index in [1.54, 1.807) is 11.9 Å². The van der Waals surface area contributed by atoms with Crippen LogP contribution in [0.25, 0.3) is 0 Å². The van der Waals surface area contributed by atoms with Gasteiger partial charge < -0.3 is 4.74 Å². The Kier molecular flexibility index (Phi) is 4.83. The number of nitrogens with zero attached hydrogens (tertiary/aromatic N) is 2. The van der Waals surface area contributed by atoms with Crippen LogP contribution in [0.15, 0.2) is 12.2 Å². The van der Waals surface area contributed by atoms with E-state index in [1.807, 2.05) is 20.8 Å². The molecule has 1 fully saturated rings. The molecule has 0 unspecified atom stereocenters. The lowest BCUT2D eigenvalue weighted by atomic mass is 10.0. The molecule has 1 aliphatic heterocycles. The molecule has 19 heavy (non-hydrogen) atoms. The third kappa shape index (κ3) is 3.41. The van der Waals surface area contributed by atoms with Crippen LogP contribution in [0.1, 0.15) is 34.1 Å². The van der Waals surface area contributed by atoms with E-state index in [2.05, 4.69) is 4.74 Å². The van der Waals surface area contributed by atoms with E-state index in [1.165, 1.54) is 0 Å². The maximum Gasteiger partial charge on any atom is 0.330 e. The van der Waals surface area contributed by atoms with E-state index in [9.17, 15) is 14.4 Å². The number of hydrogen-bond acceptors (Lipinski definition) is 5. The zero-order valence-electron chi connectivity index (χ0n) is 11.8. The summed E-state index contributed by atoms with van der Waals surface area (Å²) in [4.78, 5) is 35.0. The topological polar surface area (TPSA) is 66.9 Å². The van der Waals surface area contributed by atoms with Gasteiger partial charge in [-0.2, -0.15) is 0 Å². The molecule has 0 bridgehead atoms. The van der Waals surface area contributed by atoms with Crippen molar-refractivity contribution in [2.24, 2.45) is 0 Å². The van der Waals surface area contributed by atoms with Crippen molar-refractivity contribution in [2.75, 3.05) is 13.2 Å². The van der Waals surface area contributed by atoms with Crippen molar-refractivity contribution in [1.82, 2.24) is 10.0 Å². The molecule has 0 aromatic rings. The van der Waals surface area contributed by atoms with Crippen LogP contribution in [0.3, 0.4) is 0 Å². The van der Waals surface area contributed by atoms with E-state index in [4.69, 9.17) is 0 Å². The Labute approximate surface area is 113 Å². The smallest absolute Gasteiger partial charge is 0.330 e. The Balaban J connectivity index is 2.81. The number of rotatable bonds is 4. The monoisotopic (exact) mass is 268 g/mol. The van der Waals surface area contributed by atoms with Crippen molar-refractivity contribution in [2.45, 2.75) is 39.7 Å². The van der Waals surface area contributed by atoms with Crippen LogP contribution in [0.2, 0.25) is 0 Å². The van der Waals surface area contributed by atoms with Crippen LogP contribution in [-0.2, 0) is 19.1 Å². The van der Waals surface area contributed by atoms with Gasteiger partial charge in [-0.3, -0.25) is 9.59 Å². The molecule has 1 heterocycles. The number of amides is 2. The molecular formula is C13H20N2O4. The number of hydrogen-bond donors (Lipinski definition) is 0. The third-order valence-electron chi connectivity index (χ3n) is 2.92. The van der Waals surface area contributed by atoms with Gasteiger partial charge in [0.25, 0.3) is 5.91 Å². The third-order valence-corrected chi connectivity index (χ3v) is 2.92. The van der Waals surface area contributed by atoms with Crippen LogP contribution in [0.4, 0.5) is 0 Å². The van der Waals surface area contributed by atoms with Crippen molar-refractivity contribution < 1.29 is 19.1 Å². The summed E-state index contributed by atoms with van der Waals surface area (Å²) in [6, 6.07) is 0. The Hall–Kier alpha value is -1.69. The SMILES string of the molecule is CCOC(=O)/C=C/C(=O)N1C(=O)CC(C)(C)N1CC. The minimum Gasteiger partial charge on any atom is -0.463 e. The minimum absolute atomic E-state index is 0.244. The van der Waals surface area contributed by atoms with Crippen molar-refractivity contribution >= 4 is 17.8 Å². The van der Waals surface area contributed by atoms with Crippen LogP contribution >= 0.6 is 0 Å². The Bertz CT molecular complexity index is 415. The second-order valence-corrected chi connectivity index (χ2v) is 4.83. The van der Waals surface area contributed by atoms with Gasteiger partial charge >= 0.3 is 5.97 Å². The predicted molar refractivity (Wildman–Crippen MR) is 68.7 cm³/mol. The molecule has 0 atom stereocenters. The zero-order valence-corrected chi connectivity index (χ0v) is 11.8. The standard InChI is InChI=1S/C13H20N2O4/c1-5-14-13(3,4)9-11(17)15(14)10(16)7-8-12(18)19-6-2/h7-8H,5-6,9H2,1-4H3/b8-7+. The van der Waals surface area contributed by atoms with Gasteiger partial charge in [0.05, 0.1) is 6.61 Å². The number of ether oxygens (including phenoxy) is 1. The summed E-state index contributed by atoms with van der Waals surface area (Å²) in [6.07, 6.45) is 2.39. The first-order valence-corrected chi connectivity index (χ1v) is 6.32. The molecule has 6 heteroatoms. The molecule has 0 radical (unpaired) electrons. The molecule has 1 saturated heterocycles. The van der Waals surface area contributed by atoms with E-state index < -0.39 is 11.9 Å². The molecule has 1 aliphatic rings. The van der Waals surface area contributed by atoms with Gasteiger partial charge in [-0.15, -0.1) is 0 Å². The van der Waals surface area contributed by atoms with Crippen LogP contribution in [0.5, 0.6) is 0 Å². The first-order valence-electron chi connectivity index (χ1n) is 6.32. The highest BCUT2D eigenvalue weighted by Crippen LogP contribution is 2.29. The molecule has 0 N–H and O–H groups in total. The molecule has 2 amide bonds. The number of carbonyl (C=O) groups is 3. The van der Waals surface area contributed by atoms with E-state index >= 15 is 0 Å². The average molecular weight is 268 g/mol. The van der Waals surface area contributed by atoms with Crippen molar-refractivity contribution in [3.63, 3.8) is 0 Å². The highest BCUT2D eigenvalue weighted by atomic mass is 16.5. The van der Waals surface area contributed by atoms with Crippen LogP contribution in [0, 0.1) is 0 Å². The molecule has 0 aromatic heterocycles. The van der Waals surface area contributed by atoms with E-state index in [0.717, 1.165) is 17.2 Å². The highest BCUT2D eigenvalue weighted by Gasteiger charge is 2.45. The minimum atomic E-state index is -0.593. The number of esters is 1. The Morgan fingerprint density at radius 1 is 1.32 bits per heavy atom. The quantitative estimate of drug-likeness (QED) is 0.559. The first kappa shape index (κ1) is 15.4. The lowest BCUT2D eigenvalue weighted by Gasteiger charge is -2.33. The van der Waals surface area contributed by atoms with Crippen LogP contribution < -0.4 is 0 Å². The van der Waals surface area contributed by atoms with Gasteiger partial charge in [-0.25, -0.2) is 14.8 Å². The summed E-state index contributed by atoms with van der Waals surface area (Å²) in [7, 11) is 0. The fraction of sp³-hybridized carbons (Fsp3) is 0.615. The van der Waals surface area contributed by atoms with E-state index in [-0.39, 0.29) is 24.5 Å². The molecule has 6 nitrogen and oxygen atoms in total. The maximum absolute atomic E-state index is 12.0. The summed E-state index contributed by atoms with van der Waals surface area (Å²) in [6.45, 7) is 8.13. The molecular weight excluding hydrogens is 248 g/mol. The van der Waals surface area contributed by atoms with Crippen molar-refractivity contribution in [3.8, 4) is 0 Å². The second-order valence-electron chi connectivity index (χ2n) is 4.83. The Morgan fingerprint density at radius 3 is 2.47 bits per heavy atom. The number of imide groups is 1. The van der Waals surface area contributed by atoms with Gasteiger partial charge in [0.1, 0.15) is 0 Å². The maximum atomic E-state index is 12.0. The van der Waals surface area contributed by atoms with Gasteiger partial charge in [0, 0.05) is 30.7 Å². The molecule has 0 saturated carbocycles. The van der Waals surface area contributed by atoms with Gasteiger partial charge in [-0.1, -0.05) is 6.92 Å². The fourth-order valence-corrected chi connectivity index (χ4v) is 2.15. The molecule has 0 aromatic carbocycles. The van der Waals surface area contributed by atoms with Crippen molar-refractivity contribution in [1.29, 1.82) is 0 Å². The van der Waals surface area contributed by atoms with Crippen LogP contribution in [-0.4, -0.2) is 46.5 Å². The molecule has 0 aliphatic carbocycles. The van der Waals surface area contributed by atoms with Gasteiger partial charge in [0.2, 0.25) is 5.91 Å². The first-order chi connectivity index (χ1) is 8.83. The summed E-state index contributed by atoms with van der Waals surface area (Å²) >= 11 is 0. The van der Waals surface area contributed by atoms with Gasteiger partial charge in [0.15, 0.2) is 0 Å². The number of hydrazine groups is 1. The fourth-order valence-electron chi connectivity index (χ4n) is 2.15. The summed E-state index contributed by atoms with van der Waals surface area (Å²) in [5.74, 6) is -1.37. The summed E-state index contributed by atoms with van der Waals surface area (Å²) in [5, 5.41) is 2.79. The number of carbonyl (C=O) groups excluding carboxylic acids is 3. The normalized spacial score (nSPS) is 19.2. The molecule has 106 valence electrons. The zero-order chi connectivity index (χ0) is 14.6. The van der Waals surface area contributed by atoms with E-state index in [0.29, 0.717) is 6.54 Å². The molecule has 1 rings (SSSR count). The average Bonchev–Trinajstić information content (AvgIpc) is 2.55. The lowest BCUT2D eigenvalue weighted by Crippen LogP contribution is -2.49.